The lowest BCUT2D eigenvalue weighted by Gasteiger charge is -2.12. The Bertz CT molecular complexity index is 964. The van der Waals surface area contributed by atoms with E-state index in [0.29, 0.717) is 18.2 Å². The minimum absolute atomic E-state index is 0.0874. The summed E-state index contributed by atoms with van der Waals surface area (Å²) in [4.78, 5) is 24.5. The van der Waals surface area contributed by atoms with Crippen LogP contribution in [0.15, 0.2) is 64.5 Å². The normalized spacial score (nSPS) is 11.9. The minimum Gasteiger partial charge on any atom is -0.351 e. The first-order chi connectivity index (χ1) is 13.5. The van der Waals surface area contributed by atoms with Gasteiger partial charge in [-0.15, -0.1) is 5.10 Å². The van der Waals surface area contributed by atoms with Crippen molar-refractivity contribution < 1.29 is 4.79 Å². The van der Waals surface area contributed by atoms with E-state index >= 15 is 0 Å². The zero-order valence-corrected chi connectivity index (χ0v) is 16.8. The Morgan fingerprint density at radius 2 is 1.86 bits per heavy atom. The molecule has 3 aromatic rings. The zero-order valence-electron chi connectivity index (χ0n) is 16.0. The van der Waals surface area contributed by atoms with Crippen LogP contribution < -0.4 is 11.0 Å². The number of nitrogens with zero attached hydrogens (tertiary/aromatic N) is 2. The van der Waals surface area contributed by atoms with Crippen molar-refractivity contribution in [2.24, 2.45) is 0 Å². The summed E-state index contributed by atoms with van der Waals surface area (Å²) < 4.78 is 1.58. The van der Waals surface area contributed by atoms with E-state index in [9.17, 15) is 9.59 Å². The number of thioether (sulfide) groups is 1. The molecule has 2 aromatic carbocycles. The van der Waals surface area contributed by atoms with Gasteiger partial charge < -0.3 is 5.32 Å². The van der Waals surface area contributed by atoms with Crippen molar-refractivity contribution in [1.82, 2.24) is 20.1 Å². The SMILES string of the molecule is Cc1ccc(CNC(=O)C(C)Sc2n[nH]c(=O)n2CCc2ccccc2)cc1. The summed E-state index contributed by atoms with van der Waals surface area (Å²) >= 11 is 1.28. The number of amides is 1. The summed E-state index contributed by atoms with van der Waals surface area (Å²) in [6, 6.07) is 18.0. The molecule has 0 fully saturated rings. The summed E-state index contributed by atoms with van der Waals surface area (Å²) in [6.45, 7) is 4.84. The van der Waals surface area contributed by atoms with Crippen molar-refractivity contribution >= 4 is 17.7 Å². The molecule has 146 valence electrons. The summed E-state index contributed by atoms with van der Waals surface area (Å²) in [5.74, 6) is -0.0874. The van der Waals surface area contributed by atoms with E-state index < -0.39 is 0 Å². The second kappa shape index (κ2) is 9.41. The van der Waals surface area contributed by atoms with Gasteiger partial charge in [-0.3, -0.25) is 9.36 Å². The predicted octanol–water partition coefficient (Wildman–Crippen LogP) is 2.92. The smallest absolute Gasteiger partial charge is 0.343 e. The van der Waals surface area contributed by atoms with E-state index in [2.05, 4.69) is 15.5 Å². The molecule has 1 atom stereocenters. The van der Waals surface area contributed by atoms with Crippen LogP contribution in [0, 0.1) is 6.92 Å². The molecule has 28 heavy (non-hydrogen) atoms. The molecular weight excluding hydrogens is 372 g/mol. The van der Waals surface area contributed by atoms with E-state index in [4.69, 9.17) is 0 Å². The lowest BCUT2D eigenvalue weighted by Crippen LogP contribution is -2.31. The van der Waals surface area contributed by atoms with Crippen LogP contribution in [0.1, 0.15) is 23.6 Å². The maximum absolute atomic E-state index is 12.4. The Balaban J connectivity index is 1.57. The lowest BCUT2D eigenvalue weighted by atomic mass is 10.1. The summed E-state index contributed by atoms with van der Waals surface area (Å²) in [7, 11) is 0. The van der Waals surface area contributed by atoms with Crippen LogP contribution in [0.25, 0.3) is 0 Å². The number of carbonyl (C=O) groups is 1. The lowest BCUT2D eigenvalue weighted by molar-refractivity contribution is -0.120. The van der Waals surface area contributed by atoms with Crippen LogP contribution in [-0.2, 0) is 24.3 Å². The first kappa shape index (κ1) is 19.9. The minimum atomic E-state index is -0.365. The average Bonchev–Trinajstić information content (AvgIpc) is 3.05. The number of carbonyl (C=O) groups excluding carboxylic acids is 1. The number of rotatable bonds is 8. The maximum Gasteiger partial charge on any atom is 0.343 e. The molecule has 3 rings (SSSR count). The van der Waals surface area contributed by atoms with Crippen LogP contribution in [-0.4, -0.2) is 25.9 Å². The zero-order chi connectivity index (χ0) is 19.9. The van der Waals surface area contributed by atoms with Gasteiger partial charge in [-0.05, 0) is 31.4 Å². The van der Waals surface area contributed by atoms with Crippen LogP contribution >= 0.6 is 11.8 Å². The number of benzene rings is 2. The highest BCUT2D eigenvalue weighted by Crippen LogP contribution is 2.20. The van der Waals surface area contributed by atoms with Gasteiger partial charge >= 0.3 is 5.69 Å². The molecule has 0 aliphatic heterocycles. The largest absolute Gasteiger partial charge is 0.351 e. The molecule has 0 aliphatic rings. The fraction of sp³-hybridized carbons (Fsp3) is 0.286. The first-order valence-electron chi connectivity index (χ1n) is 9.22. The Hall–Kier alpha value is -2.80. The molecule has 0 saturated heterocycles. The topological polar surface area (TPSA) is 79.8 Å². The van der Waals surface area contributed by atoms with Gasteiger partial charge in [0, 0.05) is 13.1 Å². The number of nitrogens with one attached hydrogen (secondary N) is 2. The van der Waals surface area contributed by atoms with Gasteiger partial charge in [0.1, 0.15) is 0 Å². The van der Waals surface area contributed by atoms with Crippen molar-refractivity contribution in [3.05, 3.63) is 81.8 Å². The molecular formula is C21H24N4O2S. The van der Waals surface area contributed by atoms with Gasteiger partial charge in [-0.25, -0.2) is 9.89 Å². The summed E-state index contributed by atoms with van der Waals surface area (Å²) in [5.41, 5.74) is 3.13. The van der Waals surface area contributed by atoms with E-state index in [0.717, 1.165) is 17.5 Å². The first-order valence-corrected chi connectivity index (χ1v) is 10.1. The molecule has 0 spiro atoms. The van der Waals surface area contributed by atoms with Crippen LogP contribution in [0.2, 0.25) is 0 Å². The van der Waals surface area contributed by atoms with Gasteiger partial charge in [-0.1, -0.05) is 71.9 Å². The van der Waals surface area contributed by atoms with Crippen LogP contribution in [0.4, 0.5) is 0 Å². The number of aromatic nitrogens is 3. The fourth-order valence-corrected chi connectivity index (χ4v) is 3.63. The third-order valence-electron chi connectivity index (χ3n) is 4.43. The molecule has 2 N–H and O–H groups in total. The van der Waals surface area contributed by atoms with E-state index in [-0.39, 0.29) is 16.8 Å². The van der Waals surface area contributed by atoms with Gasteiger partial charge in [0.2, 0.25) is 5.91 Å². The second-order valence-corrected chi connectivity index (χ2v) is 7.97. The molecule has 1 aromatic heterocycles. The monoisotopic (exact) mass is 396 g/mol. The highest BCUT2D eigenvalue weighted by atomic mass is 32.2. The summed E-state index contributed by atoms with van der Waals surface area (Å²) in [6.07, 6.45) is 0.724. The number of aryl methyl sites for hydroxylation is 2. The third kappa shape index (κ3) is 5.36. The van der Waals surface area contributed by atoms with E-state index in [1.54, 1.807) is 4.57 Å². The molecule has 0 radical (unpaired) electrons. The Kier molecular flexibility index (Phi) is 6.71. The Labute approximate surface area is 168 Å². The van der Waals surface area contributed by atoms with Crippen LogP contribution in [0.3, 0.4) is 0 Å². The van der Waals surface area contributed by atoms with Crippen LogP contribution in [0.5, 0.6) is 0 Å². The molecule has 1 unspecified atom stereocenters. The van der Waals surface area contributed by atoms with Crippen molar-refractivity contribution in [1.29, 1.82) is 0 Å². The molecule has 7 heteroatoms. The van der Waals surface area contributed by atoms with Gasteiger partial charge in [0.25, 0.3) is 0 Å². The quantitative estimate of drug-likeness (QED) is 0.574. The van der Waals surface area contributed by atoms with Crippen molar-refractivity contribution in [3.8, 4) is 0 Å². The van der Waals surface area contributed by atoms with Gasteiger partial charge in [-0.2, -0.15) is 0 Å². The summed E-state index contributed by atoms with van der Waals surface area (Å²) in [5, 5.41) is 9.67. The Morgan fingerprint density at radius 3 is 2.57 bits per heavy atom. The highest BCUT2D eigenvalue weighted by molar-refractivity contribution is 8.00. The number of hydrogen-bond acceptors (Lipinski definition) is 4. The molecule has 0 bridgehead atoms. The van der Waals surface area contributed by atoms with Gasteiger partial charge in [0.05, 0.1) is 5.25 Å². The average molecular weight is 397 g/mol. The number of aromatic amines is 1. The highest BCUT2D eigenvalue weighted by Gasteiger charge is 2.18. The predicted molar refractivity (Wildman–Crippen MR) is 111 cm³/mol. The van der Waals surface area contributed by atoms with E-state index in [1.807, 2.05) is 68.4 Å². The maximum atomic E-state index is 12.4. The second-order valence-electron chi connectivity index (χ2n) is 6.66. The molecule has 0 aliphatic carbocycles. The number of H-pyrrole nitrogens is 1. The standard InChI is InChI=1S/C21H24N4O2S/c1-15-8-10-18(11-9-15)14-22-19(26)16(2)28-21-24-23-20(27)25(21)13-12-17-6-4-3-5-7-17/h3-11,16H,12-14H2,1-2H3,(H,22,26)(H,23,27). The van der Waals surface area contributed by atoms with E-state index in [1.165, 1.54) is 17.3 Å². The molecule has 0 saturated carbocycles. The van der Waals surface area contributed by atoms with Crippen molar-refractivity contribution in [3.63, 3.8) is 0 Å². The third-order valence-corrected chi connectivity index (χ3v) is 5.52. The number of hydrogen-bond donors (Lipinski definition) is 2. The molecule has 1 amide bonds. The van der Waals surface area contributed by atoms with Gasteiger partial charge in [0.15, 0.2) is 5.16 Å². The fourth-order valence-electron chi connectivity index (χ4n) is 2.73. The molecule has 1 heterocycles. The van der Waals surface area contributed by atoms with Crippen molar-refractivity contribution in [2.45, 2.75) is 43.8 Å². The molecule has 6 nitrogen and oxygen atoms in total. The van der Waals surface area contributed by atoms with Crippen molar-refractivity contribution in [2.75, 3.05) is 0 Å². The Morgan fingerprint density at radius 1 is 1.14 bits per heavy atom.